The summed E-state index contributed by atoms with van der Waals surface area (Å²) in [7, 11) is 1.60. The molecule has 0 aliphatic heterocycles. The van der Waals surface area contributed by atoms with Gasteiger partial charge in [0.1, 0.15) is 17.4 Å². The van der Waals surface area contributed by atoms with Gasteiger partial charge in [0.2, 0.25) is 0 Å². The second-order valence-corrected chi connectivity index (χ2v) is 7.75. The molecule has 162 valence electrons. The number of aromatic nitrogens is 2. The lowest BCUT2D eigenvalue weighted by molar-refractivity contribution is 0.302. The van der Waals surface area contributed by atoms with Gasteiger partial charge in [-0.3, -0.25) is 9.79 Å². The van der Waals surface area contributed by atoms with Gasteiger partial charge in [-0.2, -0.15) is 10.4 Å². The summed E-state index contributed by atoms with van der Waals surface area (Å²) < 4.78 is 5.91. The Morgan fingerprint density at radius 1 is 1.38 bits per heavy atom. The SMILES string of the molecule is CN=C(/C(=C\N)c1ccc2c(=O)[nH]nc(CN)c2c1)c1c(Cl)ccc(OC2CC2)c1C#N. The number of rotatable bonds is 6. The topological polar surface area (TPSA) is 143 Å². The first kappa shape index (κ1) is 21.6. The van der Waals surface area contributed by atoms with Crippen molar-refractivity contribution in [2.45, 2.75) is 25.5 Å². The minimum atomic E-state index is -0.314. The molecule has 1 heterocycles. The summed E-state index contributed by atoms with van der Waals surface area (Å²) in [5, 5.41) is 17.8. The minimum absolute atomic E-state index is 0.114. The van der Waals surface area contributed by atoms with Gasteiger partial charge in [-0.15, -0.1) is 0 Å². The molecule has 8 nitrogen and oxygen atoms in total. The quantitative estimate of drug-likeness (QED) is 0.494. The van der Waals surface area contributed by atoms with Crippen LogP contribution in [0.4, 0.5) is 0 Å². The van der Waals surface area contributed by atoms with E-state index < -0.39 is 0 Å². The standard InChI is InChI=1S/C23H21ClN6O2/c1-28-22(21-17(10-26)20(7-6-18(21)24)32-13-3-4-13)16(9-25)12-2-5-14-15(8-12)19(11-27)29-30-23(14)31/h2,5-9,13H,3-4,11,25,27H2,1H3,(H,30,31)/b16-9-,28-22?. The highest BCUT2D eigenvalue weighted by atomic mass is 35.5. The zero-order valence-corrected chi connectivity index (χ0v) is 18.1. The summed E-state index contributed by atoms with van der Waals surface area (Å²) in [5.41, 5.74) is 14.4. The molecule has 5 N–H and O–H groups in total. The third-order valence-electron chi connectivity index (χ3n) is 5.30. The fraction of sp³-hybridized carbons (Fsp3) is 0.217. The molecule has 3 aromatic rings. The van der Waals surface area contributed by atoms with E-state index in [-0.39, 0.29) is 18.2 Å². The molecule has 9 heteroatoms. The fourth-order valence-corrected chi connectivity index (χ4v) is 3.83. The number of aliphatic imine (C=N–C) groups is 1. The van der Waals surface area contributed by atoms with E-state index in [2.05, 4.69) is 21.3 Å². The number of aromatic amines is 1. The lowest BCUT2D eigenvalue weighted by atomic mass is 9.92. The third kappa shape index (κ3) is 3.84. The molecular formula is C23H21ClN6O2. The molecule has 0 saturated heterocycles. The molecule has 0 radical (unpaired) electrons. The van der Waals surface area contributed by atoms with E-state index in [9.17, 15) is 10.1 Å². The summed E-state index contributed by atoms with van der Waals surface area (Å²) in [5.74, 6) is 0.464. The van der Waals surface area contributed by atoms with Gasteiger partial charge < -0.3 is 16.2 Å². The fourth-order valence-electron chi connectivity index (χ4n) is 3.59. The second kappa shape index (κ2) is 8.83. The molecule has 0 spiro atoms. The Labute approximate surface area is 189 Å². The highest BCUT2D eigenvalue weighted by molar-refractivity contribution is 6.41. The number of benzene rings is 2. The van der Waals surface area contributed by atoms with E-state index >= 15 is 0 Å². The average molecular weight is 449 g/mol. The predicted molar refractivity (Wildman–Crippen MR) is 125 cm³/mol. The maximum atomic E-state index is 12.2. The van der Waals surface area contributed by atoms with Gasteiger partial charge in [-0.05, 0) is 42.7 Å². The second-order valence-electron chi connectivity index (χ2n) is 7.34. The van der Waals surface area contributed by atoms with Crippen molar-refractivity contribution in [1.82, 2.24) is 10.2 Å². The van der Waals surface area contributed by atoms with E-state index in [0.29, 0.717) is 55.2 Å². The molecule has 1 aromatic heterocycles. The molecule has 1 aliphatic rings. The lowest BCUT2D eigenvalue weighted by Crippen LogP contribution is -2.14. The Kier molecular flexibility index (Phi) is 5.95. The minimum Gasteiger partial charge on any atom is -0.489 e. The van der Waals surface area contributed by atoms with Crippen molar-refractivity contribution in [3.8, 4) is 11.8 Å². The molecule has 1 saturated carbocycles. The maximum absolute atomic E-state index is 12.2. The van der Waals surface area contributed by atoms with Crippen LogP contribution >= 0.6 is 11.6 Å². The zero-order valence-electron chi connectivity index (χ0n) is 17.4. The number of nitrogens with zero attached hydrogens (tertiary/aromatic N) is 3. The number of ether oxygens (including phenoxy) is 1. The average Bonchev–Trinajstić information content (AvgIpc) is 3.63. The summed E-state index contributed by atoms with van der Waals surface area (Å²) in [4.78, 5) is 16.6. The number of nitrogens with one attached hydrogen (secondary N) is 1. The molecule has 1 aliphatic carbocycles. The van der Waals surface area contributed by atoms with E-state index in [1.165, 1.54) is 6.20 Å². The summed E-state index contributed by atoms with van der Waals surface area (Å²) >= 11 is 6.53. The number of halogens is 1. The molecule has 1 fully saturated rings. The van der Waals surface area contributed by atoms with Crippen LogP contribution in [0.2, 0.25) is 5.02 Å². The van der Waals surface area contributed by atoms with Crippen molar-refractivity contribution in [1.29, 1.82) is 5.26 Å². The molecule has 2 aromatic carbocycles. The molecule has 4 rings (SSSR count). The number of nitrogens with two attached hydrogens (primary N) is 2. The van der Waals surface area contributed by atoms with E-state index in [1.807, 2.05) is 0 Å². The number of hydrogen-bond acceptors (Lipinski definition) is 7. The number of allylic oxidation sites excluding steroid dienone is 1. The summed E-state index contributed by atoms with van der Waals surface area (Å²) in [6.45, 7) is 0.151. The van der Waals surface area contributed by atoms with Crippen LogP contribution < -0.4 is 21.8 Å². The Morgan fingerprint density at radius 3 is 2.78 bits per heavy atom. The maximum Gasteiger partial charge on any atom is 0.272 e. The smallest absolute Gasteiger partial charge is 0.272 e. The van der Waals surface area contributed by atoms with Crippen molar-refractivity contribution >= 4 is 33.7 Å². The Morgan fingerprint density at radius 2 is 2.16 bits per heavy atom. The molecule has 0 unspecified atom stereocenters. The van der Waals surface area contributed by atoms with Crippen LogP contribution in [-0.2, 0) is 6.54 Å². The first-order valence-electron chi connectivity index (χ1n) is 10.0. The Bertz CT molecular complexity index is 1370. The van der Waals surface area contributed by atoms with Crippen LogP contribution in [0.3, 0.4) is 0 Å². The van der Waals surface area contributed by atoms with Crippen molar-refractivity contribution in [2.24, 2.45) is 16.5 Å². The van der Waals surface area contributed by atoms with Gasteiger partial charge in [-0.25, -0.2) is 5.10 Å². The van der Waals surface area contributed by atoms with Gasteiger partial charge in [0.15, 0.2) is 0 Å². The van der Waals surface area contributed by atoms with E-state index in [0.717, 1.165) is 12.8 Å². The summed E-state index contributed by atoms with van der Waals surface area (Å²) in [6, 6.07) is 10.8. The monoisotopic (exact) mass is 448 g/mol. The van der Waals surface area contributed by atoms with Gasteiger partial charge in [0, 0.05) is 36.3 Å². The lowest BCUT2D eigenvalue weighted by Gasteiger charge is -2.17. The molecule has 0 atom stereocenters. The Balaban J connectivity index is 1.88. The molecule has 0 bridgehead atoms. The first-order valence-corrected chi connectivity index (χ1v) is 10.4. The molecule has 0 amide bonds. The number of hydrogen-bond donors (Lipinski definition) is 3. The highest BCUT2D eigenvalue weighted by Gasteiger charge is 2.27. The largest absolute Gasteiger partial charge is 0.489 e. The van der Waals surface area contributed by atoms with Gasteiger partial charge in [0.05, 0.1) is 27.9 Å². The van der Waals surface area contributed by atoms with Gasteiger partial charge >= 0.3 is 0 Å². The van der Waals surface area contributed by atoms with E-state index in [4.69, 9.17) is 27.8 Å². The normalized spacial score (nSPS) is 14.4. The van der Waals surface area contributed by atoms with Crippen LogP contribution in [0.15, 0.2) is 46.3 Å². The van der Waals surface area contributed by atoms with Crippen molar-refractivity contribution in [2.75, 3.05) is 7.05 Å². The van der Waals surface area contributed by atoms with E-state index in [1.54, 1.807) is 37.4 Å². The van der Waals surface area contributed by atoms with Crippen molar-refractivity contribution in [3.63, 3.8) is 0 Å². The van der Waals surface area contributed by atoms with Crippen molar-refractivity contribution < 1.29 is 4.74 Å². The zero-order chi connectivity index (χ0) is 22.8. The highest BCUT2D eigenvalue weighted by Crippen LogP contribution is 2.36. The van der Waals surface area contributed by atoms with Gasteiger partial charge in [-0.1, -0.05) is 17.7 Å². The van der Waals surface area contributed by atoms with Crippen LogP contribution in [0.25, 0.3) is 16.3 Å². The number of H-pyrrole nitrogens is 1. The number of fused-ring (bicyclic) bond motifs is 1. The predicted octanol–water partition coefficient (Wildman–Crippen LogP) is 2.87. The Hall–Kier alpha value is -3.67. The van der Waals surface area contributed by atoms with Crippen LogP contribution in [0.1, 0.15) is 35.2 Å². The molecule has 32 heavy (non-hydrogen) atoms. The number of nitriles is 1. The van der Waals surface area contributed by atoms with Crippen molar-refractivity contribution in [3.05, 3.63) is 74.3 Å². The first-order chi connectivity index (χ1) is 15.5. The van der Waals surface area contributed by atoms with Gasteiger partial charge in [0.25, 0.3) is 5.56 Å². The molecular weight excluding hydrogens is 428 g/mol. The van der Waals surface area contributed by atoms with Crippen LogP contribution in [-0.4, -0.2) is 29.1 Å². The third-order valence-corrected chi connectivity index (χ3v) is 5.62. The summed E-state index contributed by atoms with van der Waals surface area (Å²) in [6.07, 6.45) is 3.43. The van der Waals surface area contributed by atoms with Crippen LogP contribution in [0, 0.1) is 11.3 Å². The van der Waals surface area contributed by atoms with Crippen LogP contribution in [0.5, 0.6) is 5.75 Å².